The van der Waals surface area contributed by atoms with Crippen LogP contribution in [0.1, 0.15) is 46.5 Å². The van der Waals surface area contributed by atoms with E-state index in [0.29, 0.717) is 17.1 Å². The average molecular weight is 192 g/mol. The van der Waals surface area contributed by atoms with Gasteiger partial charge in [-0.1, -0.05) is 32.9 Å². The van der Waals surface area contributed by atoms with Crippen LogP contribution in [0, 0.1) is 16.7 Å². The summed E-state index contributed by atoms with van der Waals surface area (Å²) in [6, 6.07) is 0. The summed E-state index contributed by atoms with van der Waals surface area (Å²) in [6.07, 6.45) is 8.47. The van der Waals surface area contributed by atoms with Crippen molar-refractivity contribution in [3.05, 3.63) is 12.2 Å². The first-order valence-electron chi connectivity index (χ1n) is 5.63. The standard InChI is InChI=1S/C13H20O/c1-12(2)6-4-7-13(3)8-5-10(14)9-11(12)13/h4,6,11H,5,7-9H2,1-3H3/t11-,13-/m1/s1. The largest absolute Gasteiger partial charge is 0.300 e. The summed E-state index contributed by atoms with van der Waals surface area (Å²) in [7, 11) is 0. The molecule has 0 aromatic heterocycles. The lowest BCUT2D eigenvalue weighted by atomic mass is 9.54. The van der Waals surface area contributed by atoms with Crippen LogP contribution in [-0.2, 0) is 4.79 Å². The summed E-state index contributed by atoms with van der Waals surface area (Å²) >= 11 is 0. The first-order valence-corrected chi connectivity index (χ1v) is 5.63. The minimum absolute atomic E-state index is 0.211. The van der Waals surface area contributed by atoms with E-state index in [1.165, 1.54) is 0 Å². The predicted molar refractivity (Wildman–Crippen MR) is 58.0 cm³/mol. The maximum atomic E-state index is 11.5. The van der Waals surface area contributed by atoms with Crippen LogP contribution in [0.4, 0.5) is 0 Å². The molecule has 1 heteroatoms. The second-order valence-electron chi connectivity index (χ2n) is 5.88. The summed E-state index contributed by atoms with van der Waals surface area (Å²) in [4.78, 5) is 11.5. The third-order valence-corrected chi connectivity index (χ3v) is 4.28. The second-order valence-corrected chi connectivity index (χ2v) is 5.88. The van der Waals surface area contributed by atoms with Crippen molar-refractivity contribution in [3.8, 4) is 0 Å². The molecule has 0 spiro atoms. The molecule has 2 aliphatic rings. The van der Waals surface area contributed by atoms with Gasteiger partial charge >= 0.3 is 0 Å². The second kappa shape index (κ2) is 2.95. The fourth-order valence-corrected chi connectivity index (χ4v) is 3.33. The van der Waals surface area contributed by atoms with Gasteiger partial charge < -0.3 is 0 Å². The van der Waals surface area contributed by atoms with Gasteiger partial charge in [0.2, 0.25) is 0 Å². The number of ketones is 1. The van der Waals surface area contributed by atoms with Gasteiger partial charge in [0, 0.05) is 12.8 Å². The van der Waals surface area contributed by atoms with Gasteiger partial charge in [-0.15, -0.1) is 0 Å². The zero-order valence-corrected chi connectivity index (χ0v) is 9.47. The van der Waals surface area contributed by atoms with E-state index in [9.17, 15) is 4.79 Å². The molecule has 14 heavy (non-hydrogen) atoms. The van der Waals surface area contributed by atoms with Crippen molar-refractivity contribution in [2.45, 2.75) is 46.5 Å². The summed E-state index contributed by atoms with van der Waals surface area (Å²) in [5.41, 5.74) is 0.593. The highest BCUT2D eigenvalue weighted by molar-refractivity contribution is 5.79. The molecule has 78 valence electrons. The van der Waals surface area contributed by atoms with Gasteiger partial charge in [0.05, 0.1) is 0 Å². The Morgan fingerprint density at radius 2 is 2.07 bits per heavy atom. The molecule has 0 amide bonds. The quantitative estimate of drug-likeness (QED) is 0.538. The molecule has 1 fully saturated rings. The van der Waals surface area contributed by atoms with E-state index in [1.54, 1.807) is 0 Å². The highest BCUT2D eigenvalue weighted by atomic mass is 16.1. The van der Waals surface area contributed by atoms with Crippen molar-refractivity contribution in [1.29, 1.82) is 0 Å². The number of allylic oxidation sites excluding steroid dienone is 2. The normalized spacial score (nSPS) is 40.8. The van der Waals surface area contributed by atoms with E-state index >= 15 is 0 Å². The van der Waals surface area contributed by atoms with Gasteiger partial charge in [0.1, 0.15) is 5.78 Å². The molecule has 1 nitrogen and oxygen atoms in total. The van der Waals surface area contributed by atoms with Gasteiger partial charge in [0.25, 0.3) is 0 Å². The van der Waals surface area contributed by atoms with Crippen LogP contribution in [0.15, 0.2) is 12.2 Å². The molecule has 0 saturated heterocycles. The van der Waals surface area contributed by atoms with Crippen molar-refractivity contribution in [3.63, 3.8) is 0 Å². The number of hydrogen-bond donors (Lipinski definition) is 0. The van der Waals surface area contributed by atoms with E-state index < -0.39 is 0 Å². The lowest BCUT2D eigenvalue weighted by Crippen LogP contribution is -2.44. The van der Waals surface area contributed by atoms with Crippen molar-refractivity contribution in [2.24, 2.45) is 16.7 Å². The highest BCUT2D eigenvalue weighted by Gasteiger charge is 2.47. The molecule has 0 unspecified atom stereocenters. The molecule has 2 rings (SSSR count). The number of rotatable bonds is 0. The van der Waals surface area contributed by atoms with Crippen LogP contribution in [0.5, 0.6) is 0 Å². The summed E-state index contributed by atoms with van der Waals surface area (Å²) in [6.45, 7) is 6.89. The van der Waals surface area contributed by atoms with E-state index in [-0.39, 0.29) is 5.41 Å². The van der Waals surface area contributed by atoms with Crippen LogP contribution in [0.2, 0.25) is 0 Å². The fourth-order valence-electron chi connectivity index (χ4n) is 3.33. The molecule has 1 saturated carbocycles. The third kappa shape index (κ3) is 1.43. The van der Waals surface area contributed by atoms with E-state index in [4.69, 9.17) is 0 Å². The Kier molecular flexibility index (Phi) is 2.09. The predicted octanol–water partition coefficient (Wildman–Crippen LogP) is 3.35. The Bertz CT molecular complexity index is 288. The molecule has 0 aromatic rings. The van der Waals surface area contributed by atoms with Crippen LogP contribution in [0.25, 0.3) is 0 Å². The molecule has 0 aliphatic heterocycles. The molecule has 0 heterocycles. The van der Waals surface area contributed by atoms with E-state index in [2.05, 4.69) is 32.9 Å². The lowest BCUT2D eigenvalue weighted by molar-refractivity contribution is -0.127. The van der Waals surface area contributed by atoms with E-state index in [1.807, 2.05) is 0 Å². The van der Waals surface area contributed by atoms with Crippen LogP contribution >= 0.6 is 0 Å². The SMILES string of the molecule is CC1(C)C=CC[C@]2(C)CCC(=O)C[C@H]12. The third-order valence-electron chi connectivity index (χ3n) is 4.28. The number of hydrogen-bond acceptors (Lipinski definition) is 1. The first kappa shape index (κ1) is 9.95. The summed E-state index contributed by atoms with van der Waals surface area (Å²) < 4.78 is 0. The topological polar surface area (TPSA) is 17.1 Å². The van der Waals surface area contributed by atoms with Gasteiger partial charge in [-0.05, 0) is 29.6 Å². The lowest BCUT2D eigenvalue weighted by Gasteiger charge is -2.50. The molecule has 2 atom stereocenters. The van der Waals surface area contributed by atoms with Crippen LogP contribution in [0.3, 0.4) is 0 Å². The molecule has 0 aromatic carbocycles. The number of Topliss-reactive ketones (excluding diaryl/α,β-unsaturated/α-hetero) is 1. The average Bonchev–Trinajstić information content (AvgIpc) is 2.08. The zero-order chi connectivity index (χ0) is 10.4. The Morgan fingerprint density at radius 3 is 2.79 bits per heavy atom. The van der Waals surface area contributed by atoms with Crippen molar-refractivity contribution in [2.75, 3.05) is 0 Å². The smallest absolute Gasteiger partial charge is 0.133 e. The van der Waals surface area contributed by atoms with Gasteiger partial charge in [0.15, 0.2) is 0 Å². The zero-order valence-electron chi connectivity index (χ0n) is 9.47. The maximum absolute atomic E-state index is 11.5. The van der Waals surface area contributed by atoms with Crippen molar-refractivity contribution < 1.29 is 4.79 Å². The Balaban J connectivity index is 2.33. The van der Waals surface area contributed by atoms with Gasteiger partial charge in [-0.3, -0.25) is 4.79 Å². The molecular weight excluding hydrogens is 172 g/mol. The van der Waals surface area contributed by atoms with Crippen LogP contribution < -0.4 is 0 Å². The molecule has 0 N–H and O–H groups in total. The summed E-state index contributed by atoms with van der Waals surface area (Å²) in [5, 5.41) is 0. The van der Waals surface area contributed by atoms with Gasteiger partial charge in [-0.2, -0.15) is 0 Å². The van der Waals surface area contributed by atoms with Crippen molar-refractivity contribution in [1.82, 2.24) is 0 Å². The van der Waals surface area contributed by atoms with Crippen molar-refractivity contribution >= 4 is 5.78 Å². The maximum Gasteiger partial charge on any atom is 0.133 e. The fraction of sp³-hybridized carbons (Fsp3) is 0.769. The molecule has 2 aliphatic carbocycles. The Morgan fingerprint density at radius 1 is 1.36 bits per heavy atom. The molecule has 0 bridgehead atoms. The first-order chi connectivity index (χ1) is 6.44. The van der Waals surface area contributed by atoms with Crippen LogP contribution in [-0.4, -0.2) is 5.78 Å². The molecule has 0 radical (unpaired) electrons. The van der Waals surface area contributed by atoms with Gasteiger partial charge in [-0.25, -0.2) is 0 Å². The summed E-state index contributed by atoms with van der Waals surface area (Å²) in [5.74, 6) is 1.03. The number of fused-ring (bicyclic) bond motifs is 1. The molecular formula is C13H20O. The Hall–Kier alpha value is -0.590. The monoisotopic (exact) mass is 192 g/mol. The number of carbonyl (C=O) groups excluding carboxylic acids is 1. The minimum Gasteiger partial charge on any atom is -0.300 e. The number of carbonyl (C=O) groups is 1. The minimum atomic E-state index is 0.211. The van der Waals surface area contributed by atoms with E-state index in [0.717, 1.165) is 25.7 Å². The highest BCUT2D eigenvalue weighted by Crippen LogP contribution is 2.54. The Labute approximate surface area is 86.6 Å².